The Kier molecular flexibility index (Phi) is 4.94. The zero-order chi connectivity index (χ0) is 15.9. The van der Waals surface area contributed by atoms with E-state index in [-0.39, 0.29) is 24.6 Å². The molecule has 0 aliphatic heterocycles. The molecule has 2 aromatic carbocycles. The summed E-state index contributed by atoms with van der Waals surface area (Å²) in [6.45, 7) is 0.141. The van der Waals surface area contributed by atoms with Crippen LogP contribution in [0.15, 0.2) is 42.5 Å². The van der Waals surface area contributed by atoms with E-state index in [4.69, 9.17) is 15.7 Å². The molecule has 0 bridgehead atoms. The Bertz CT molecular complexity index is 708. The molecule has 2 aromatic rings. The summed E-state index contributed by atoms with van der Waals surface area (Å²) in [7, 11) is 0. The second-order valence-corrected chi connectivity index (χ2v) is 4.52. The molecule has 22 heavy (non-hydrogen) atoms. The first-order valence-corrected chi connectivity index (χ1v) is 6.56. The highest BCUT2D eigenvalue weighted by Crippen LogP contribution is 2.17. The number of nitrogen functional groups attached to an aromatic ring is 1. The first-order chi connectivity index (χ1) is 10.6. The van der Waals surface area contributed by atoms with Crippen LogP contribution in [0.3, 0.4) is 0 Å². The predicted molar refractivity (Wildman–Crippen MR) is 80.7 cm³/mol. The topological polar surface area (TPSA) is 88.1 Å². The zero-order valence-corrected chi connectivity index (χ0v) is 11.7. The lowest BCUT2D eigenvalue weighted by molar-refractivity contribution is -0.116. The minimum Gasteiger partial charge on any atom is -0.493 e. The monoisotopic (exact) mass is 299 g/mol. The number of hydrogen-bond acceptors (Lipinski definition) is 4. The van der Waals surface area contributed by atoms with Crippen molar-refractivity contribution in [1.82, 2.24) is 0 Å². The molecule has 0 spiro atoms. The van der Waals surface area contributed by atoms with Gasteiger partial charge in [-0.05, 0) is 42.5 Å². The van der Waals surface area contributed by atoms with Gasteiger partial charge in [0.15, 0.2) is 0 Å². The van der Waals surface area contributed by atoms with Crippen molar-refractivity contribution in [2.24, 2.45) is 0 Å². The van der Waals surface area contributed by atoms with Crippen molar-refractivity contribution in [3.05, 3.63) is 53.8 Å². The molecule has 2 rings (SSSR count). The number of nitrogens with zero attached hydrogens (tertiary/aromatic N) is 1. The van der Waals surface area contributed by atoms with Gasteiger partial charge in [0.2, 0.25) is 5.91 Å². The molecule has 0 saturated heterocycles. The molecule has 0 unspecified atom stereocenters. The van der Waals surface area contributed by atoms with Gasteiger partial charge in [0.1, 0.15) is 11.6 Å². The Morgan fingerprint density at radius 2 is 2.00 bits per heavy atom. The van der Waals surface area contributed by atoms with E-state index < -0.39 is 5.82 Å². The van der Waals surface area contributed by atoms with Crippen molar-refractivity contribution in [2.45, 2.75) is 6.42 Å². The first kappa shape index (κ1) is 15.3. The lowest BCUT2D eigenvalue weighted by atomic mass is 10.2. The molecule has 0 heterocycles. The minimum absolute atomic E-state index is 0.0448. The third kappa shape index (κ3) is 4.21. The Hall–Kier alpha value is -3.07. The van der Waals surface area contributed by atoms with E-state index in [1.807, 2.05) is 6.07 Å². The molecule has 5 nitrogen and oxygen atoms in total. The molecule has 0 atom stereocenters. The summed E-state index contributed by atoms with van der Waals surface area (Å²) in [6.07, 6.45) is 0.0637. The second-order valence-electron chi connectivity index (χ2n) is 4.52. The van der Waals surface area contributed by atoms with E-state index in [9.17, 15) is 9.18 Å². The van der Waals surface area contributed by atoms with Crippen LogP contribution >= 0.6 is 0 Å². The maximum atomic E-state index is 13.5. The molecule has 0 aliphatic carbocycles. The fourth-order valence-electron chi connectivity index (χ4n) is 1.74. The maximum Gasteiger partial charge on any atom is 0.227 e. The number of ether oxygens (including phenoxy) is 1. The van der Waals surface area contributed by atoms with Crippen LogP contribution in [0.2, 0.25) is 0 Å². The van der Waals surface area contributed by atoms with Crippen LogP contribution < -0.4 is 15.8 Å². The summed E-state index contributed by atoms with van der Waals surface area (Å²) < 4.78 is 18.8. The Morgan fingerprint density at radius 1 is 1.27 bits per heavy atom. The molecule has 112 valence electrons. The molecule has 0 aromatic heterocycles. The minimum atomic E-state index is -0.546. The summed E-state index contributed by atoms with van der Waals surface area (Å²) in [6, 6.07) is 12.5. The van der Waals surface area contributed by atoms with E-state index >= 15 is 0 Å². The number of nitrogens with one attached hydrogen (secondary N) is 1. The van der Waals surface area contributed by atoms with Gasteiger partial charge in [-0.1, -0.05) is 0 Å². The lowest BCUT2D eigenvalue weighted by Gasteiger charge is -2.08. The van der Waals surface area contributed by atoms with Gasteiger partial charge in [0.25, 0.3) is 0 Å². The highest BCUT2D eigenvalue weighted by Gasteiger charge is 2.07. The summed E-state index contributed by atoms with van der Waals surface area (Å²) in [5, 5.41) is 11.1. The molecule has 0 saturated carbocycles. The lowest BCUT2D eigenvalue weighted by Crippen LogP contribution is -2.16. The van der Waals surface area contributed by atoms with Crippen LogP contribution in [0.1, 0.15) is 12.0 Å². The summed E-state index contributed by atoms with van der Waals surface area (Å²) in [4.78, 5) is 11.7. The van der Waals surface area contributed by atoms with Crippen LogP contribution in [0.25, 0.3) is 0 Å². The fraction of sp³-hybridized carbons (Fsp3) is 0.125. The summed E-state index contributed by atoms with van der Waals surface area (Å²) in [5.74, 6) is -0.365. The Morgan fingerprint density at radius 3 is 2.68 bits per heavy atom. The van der Waals surface area contributed by atoms with E-state index in [1.165, 1.54) is 18.2 Å². The van der Waals surface area contributed by atoms with Gasteiger partial charge in [-0.25, -0.2) is 4.39 Å². The summed E-state index contributed by atoms with van der Waals surface area (Å²) >= 11 is 0. The second kappa shape index (κ2) is 7.09. The number of carbonyl (C=O) groups is 1. The van der Waals surface area contributed by atoms with Gasteiger partial charge in [0.05, 0.1) is 30.3 Å². The van der Waals surface area contributed by atoms with Gasteiger partial charge in [-0.3, -0.25) is 4.79 Å². The van der Waals surface area contributed by atoms with Gasteiger partial charge in [-0.15, -0.1) is 0 Å². The highest BCUT2D eigenvalue weighted by molar-refractivity contribution is 5.91. The smallest absolute Gasteiger partial charge is 0.227 e. The van der Waals surface area contributed by atoms with Gasteiger partial charge < -0.3 is 15.8 Å². The van der Waals surface area contributed by atoms with Crippen LogP contribution in [0.5, 0.6) is 5.75 Å². The molecule has 3 N–H and O–H groups in total. The van der Waals surface area contributed by atoms with Crippen molar-refractivity contribution in [3.63, 3.8) is 0 Å². The SMILES string of the molecule is N#Cc1ccc(OCCC(=O)Nc2cc(N)ccc2F)cc1. The average molecular weight is 299 g/mol. The number of nitrogens with two attached hydrogens (primary N) is 1. The van der Waals surface area contributed by atoms with Gasteiger partial charge >= 0.3 is 0 Å². The molecule has 6 heteroatoms. The quantitative estimate of drug-likeness (QED) is 0.831. The number of benzene rings is 2. The highest BCUT2D eigenvalue weighted by atomic mass is 19.1. The van der Waals surface area contributed by atoms with Crippen molar-refractivity contribution >= 4 is 17.3 Å². The number of anilines is 2. The number of carbonyl (C=O) groups excluding carboxylic acids is 1. The number of nitriles is 1. The third-order valence-corrected chi connectivity index (χ3v) is 2.85. The summed E-state index contributed by atoms with van der Waals surface area (Å²) in [5.41, 5.74) is 6.48. The number of rotatable bonds is 5. The average Bonchev–Trinajstić information content (AvgIpc) is 2.51. The molecule has 0 fully saturated rings. The molecular weight excluding hydrogens is 285 g/mol. The van der Waals surface area contributed by atoms with Gasteiger partial charge in [0, 0.05) is 5.69 Å². The molecule has 0 radical (unpaired) electrons. The van der Waals surface area contributed by atoms with E-state index in [1.54, 1.807) is 24.3 Å². The maximum absolute atomic E-state index is 13.5. The standard InChI is InChI=1S/C16H14FN3O2/c17-14-6-3-12(19)9-15(14)20-16(21)7-8-22-13-4-1-11(10-18)2-5-13/h1-6,9H,7-8,19H2,(H,20,21). The first-order valence-electron chi connectivity index (χ1n) is 6.56. The molecular formula is C16H14FN3O2. The third-order valence-electron chi connectivity index (χ3n) is 2.85. The van der Waals surface area contributed by atoms with E-state index in [0.29, 0.717) is 17.0 Å². The number of halogens is 1. The van der Waals surface area contributed by atoms with Crippen molar-refractivity contribution in [3.8, 4) is 11.8 Å². The zero-order valence-electron chi connectivity index (χ0n) is 11.7. The Balaban J connectivity index is 1.82. The molecule has 1 amide bonds. The van der Waals surface area contributed by atoms with Crippen molar-refractivity contribution < 1.29 is 13.9 Å². The normalized spacial score (nSPS) is 9.82. The van der Waals surface area contributed by atoms with E-state index in [0.717, 1.165) is 0 Å². The van der Waals surface area contributed by atoms with Crippen LogP contribution in [0.4, 0.5) is 15.8 Å². The fourth-order valence-corrected chi connectivity index (χ4v) is 1.74. The van der Waals surface area contributed by atoms with Crippen molar-refractivity contribution in [1.29, 1.82) is 5.26 Å². The van der Waals surface area contributed by atoms with Crippen molar-refractivity contribution in [2.75, 3.05) is 17.7 Å². The molecule has 0 aliphatic rings. The number of hydrogen-bond donors (Lipinski definition) is 2. The van der Waals surface area contributed by atoms with Gasteiger partial charge in [-0.2, -0.15) is 5.26 Å². The largest absolute Gasteiger partial charge is 0.493 e. The number of amides is 1. The van der Waals surface area contributed by atoms with Crippen LogP contribution in [-0.4, -0.2) is 12.5 Å². The van der Waals surface area contributed by atoms with Crippen LogP contribution in [0, 0.1) is 17.1 Å². The van der Waals surface area contributed by atoms with E-state index in [2.05, 4.69) is 5.32 Å². The van der Waals surface area contributed by atoms with Crippen LogP contribution in [-0.2, 0) is 4.79 Å². The Labute approximate surface area is 127 Å². The predicted octanol–water partition coefficient (Wildman–Crippen LogP) is 2.69.